The molecule has 6 rings (SSSR count). The molecule has 2 heterocycles. The maximum Gasteiger partial charge on any atom is 0.171 e. The number of Topliss-reactive ketones (excluding diaryl/α,β-unsaturated/α-hetero) is 1. The van der Waals surface area contributed by atoms with Gasteiger partial charge in [0.05, 0.1) is 19.3 Å². The van der Waals surface area contributed by atoms with Crippen molar-refractivity contribution in [2.45, 2.75) is 95.2 Å². The summed E-state index contributed by atoms with van der Waals surface area (Å²) in [7, 11) is 0. The van der Waals surface area contributed by atoms with Crippen LogP contribution >= 0.6 is 0 Å². The molecule has 0 bridgehead atoms. The van der Waals surface area contributed by atoms with Crippen molar-refractivity contribution in [3.63, 3.8) is 0 Å². The molecule has 2 aliphatic heterocycles. The molecule has 0 aromatic heterocycles. The van der Waals surface area contributed by atoms with E-state index in [-0.39, 0.29) is 28.3 Å². The lowest BCUT2D eigenvalue weighted by molar-refractivity contribution is -0.228. The minimum Gasteiger partial charge on any atom is -0.382 e. The molecular weight excluding hydrogens is 356 g/mol. The first-order valence-electron chi connectivity index (χ1n) is 11.4. The predicted octanol–water partition coefficient (Wildman–Crippen LogP) is 3.22. The van der Waals surface area contributed by atoms with Gasteiger partial charge in [-0.2, -0.15) is 0 Å². The summed E-state index contributed by atoms with van der Waals surface area (Å²) in [5.74, 6) is 1.14. The van der Waals surface area contributed by atoms with Crippen LogP contribution in [0.5, 0.6) is 0 Å². The second-order valence-corrected chi connectivity index (χ2v) is 11.2. The van der Waals surface area contributed by atoms with Crippen LogP contribution < -0.4 is 0 Å². The van der Waals surface area contributed by atoms with Crippen LogP contribution in [0.15, 0.2) is 0 Å². The lowest BCUT2D eigenvalue weighted by Crippen LogP contribution is -2.62. The first kappa shape index (κ1) is 18.3. The van der Waals surface area contributed by atoms with Gasteiger partial charge in [0.15, 0.2) is 11.6 Å². The number of carbonyl (C=O) groups excluding carboxylic acids is 1. The summed E-state index contributed by atoms with van der Waals surface area (Å²) in [6.07, 6.45) is 7.94. The predicted molar refractivity (Wildman–Crippen MR) is 101 cm³/mol. The van der Waals surface area contributed by atoms with E-state index in [0.717, 1.165) is 44.9 Å². The zero-order chi connectivity index (χ0) is 19.6. The van der Waals surface area contributed by atoms with E-state index in [4.69, 9.17) is 14.2 Å². The van der Waals surface area contributed by atoms with Gasteiger partial charge < -0.3 is 19.3 Å². The monoisotopic (exact) mass is 390 g/mol. The average Bonchev–Trinajstić information content (AvgIpc) is 3.02. The third kappa shape index (κ3) is 1.87. The molecule has 5 nitrogen and oxygen atoms in total. The lowest BCUT2D eigenvalue weighted by atomic mass is 9.44. The number of hydrogen-bond acceptors (Lipinski definition) is 5. The van der Waals surface area contributed by atoms with Crippen LogP contribution in [0.4, 0.5) is 0 Å². The van der Waals surface area contributed by atoms with Crippen LogP contribution in [0.1, 0.15) is 72.1 Å². The highest BCUT2D eigenvalue weighted by Gasteiger charge is 2.79. The zero-order valence-corrected chi connectivity index (χ0v) is 17.5. The summed E-state index contributed by atoms with van der Waals surface area (Å²) in [4.78, 5) is 12.4. The van der Waals surface area contributed by atoms with E-state index in [0.29, 0.717) is 37.4 Å². The molecule has 4 saturated carbocycles. The Labute approximate surface area is 167 Å². The van der Waals surface area contributed by atoms with Gasteiger partial charge in [-0.3, -0.25) is 4.79 Å². The van der Waals surface area contributed by atoms with Gasteiger partial charge in [0.25, 0.3) is 0 Å². The Morgan fingerprint density at radius 2 is 1.64 bits per heavy atom. The highest BCUT2D eigenvalue weighted by atomic mass is 16.7. The minimum absolute atomic E-state index is 0.0369. The van der Waals surface area contributed by atoms with Gasteiger partial charge in [0.1, 0.15) is 11.2 Å². The van der Waals surface area contributed by atoms with Gasteiger partial charge in [0.2, 0.25) is 0 Å². The molecule has 6 fully saturated rings. The minimum atomic E-state index is -1.13. The summed E-state index contributed by atoms with van der Waals surface area (Å²) in [5.41, 5.74) is -1.34. The van der Waals surface area contributed by atoms with Gasteiger partial charge in [-0.1, -0.05) is 13.8 Å². The Morgan fingerprint density at radius 1 is 0.964 bits per heavy atom. The van der Waals surface area contributed by atoms with Crippen LogP contribution in [-0.2, 0) is 19.0 Å². The van der Waals surface area contributed by atoms with E-state index >= 15 is 0 Å². The van der Waals surface area contributed by atoms with E-state index in [1.165, 1.54) is 0 Å². The van der Waals surface area contributed by atoms with E-state index < -0.39 is 11.4 Å². The SMILES string of the molecule is CC(=O)[C@@]1(O)CCC2C3C[C@@H]4O[C@@]45CC4(CC[C@]5(C)C3CC[C@@]21C)OCCO4. The van der Waals surface area contributed by atoms with E-state index in [2.05, 4.69) is 13.8 Å². The fourth-order valence-corrected chi connectivity index (χ4v) is 8.96. The molecule has 28 heavy (non-hydrogen) atoms. The molecule has 2 spiro atoms. The molecule has 6 aliphatic rings. The number of ether oxygens (including phenoxy) is 3. The Hall–Kier alpha value is -0.490. The number of epoxide rings is 1. The Balaban J connectivity index is 1.34. The fraction of sp³-hybridized carbons (Fsp3) is 0.957. The van der Waals surface area contributed by atoms with Gasteiger partial charge in [-0.15, -0.1) is 0 Å². The van der Waals surface area contributed by atoms with Crippen molar-refractivity contribution in [1.29, 1.82) is 0 Å². The first-order chi connectivity index (χ1) is 13.2. The van der Waals surface area contributed by atoms with Crippen molar-refractivity contribution in [1.82, 2.24) is 0 Å². The van der Waals surface area contributed by atoms with Crippen LogP contribution in [-0.4, -0.2) is 47.2 Å². The molecular formula is C23H34O5. The molecule has 4 aliphatic carbocycles. The van der Waals surface area contributed by atoms with Crippen LogP contribution in [0.2, 0.25) is 0 Å². The molecule has 0 aromatic rings. The van der Waals surface area contributed by atoms with Gasteiger partial charge in [-0.25, -0.2) is 0 Å². The summed E-state index contributed by atoms with van der Waals surface area (Å²) in [5, 5.41) is 11.3. The highest BCUT2D eigenvalue weighted by molar-refractivity contribution is 5.86. The summed E-state index contributed by atoms with van der Waals surface area (Å²) >= 11 is 0. The number of rotatable bonds is 1. The second kappa shape index (κ2) is 5.22. The normalized spacial score (nSPS) is 58.6. The van der Waals surface area contributed by atoms with Crippen molar-refractivity contribution in [3.8, 4) is 0 Å². The lowest BCUT2D eigenvalue weighted by Gasteiger charge is -2.60. The maximum atomic E-state index is 12.4. The largest absolute Gasteiger partial charge is 0.382 e. The van der Waals surface area contributed by atoms with Crippen molar-refractivity contribution < 1.29 is 24.1 Å². The number of aliphatic hydroxyl groups is 1. The molecule has 156 valence electrons. The first-order valence-corrected chi connectivity index (χ1v) is 11.4. The Morgan fingerprint density at radius 3 is 2.36 bits per heavy atom. The van der Waals surface area contributed by atoms with E-state index in [1.807, 2.05) is 0 Å². The Kier molecular flexibility index (Phi) is 3.41. The third-order valence-electron chi connectivity index (χ3n) is 10.6. The molecule has 0 aromatic carbocycles. The van der Waals surface area contributed by atoms with Crippen molar-refractivity contribution in [2.24, 2.45) is 28.6 Å². The molecule has 0 amide bonds. The summed E-state index contributed by atoms with van der Waals surface area (Å²) in [6.45, 7) is 7.64. The van der Waals surface area contributed by atoms with Gasteiger partial charge in [-0.05, 0) is 63.2 Å². The quantitative estimate of drug-likeness (QED) is 0.696. The molecule has 2 saturated heterocycles. The van der Waals surface area contributed by atoms with E-state index in [9.17, 15) is 9.90 Å². The third-order valence-corrected chi connectivity index (χ3v) is 10.6. The van der Waals surface area contributed by atoms with Crippen molar-refractivity contribution in [3.05, 3.63) is 0 Å². The topological polar surface area (TPSA) is 68.3 Å². The van der Waals surface area contributed by atoms with Gasteiger partial charge in [0, 0.05) is 23.7 Å². The number of fused-ring (bicyclic) bond motifs is 4. The number of hydrogen-bond donors (Lipinski definition) is 1. The highest BCUT2D eigenvalue weighted by Crippen LogP contribution is 2.75. The average molecular weight is 391 g/mol. The van der Waals surface area contributed by atoms with Crippen LogP contribution in [0.25, 0.3) is 0 Å². The summed E-state index contributed by atoms with van der Waals surface area (Å²) in [6, 6.07) is 0. The number of ketones is 1. The van der Waals surface area contributed by atoms with Crippen molar-refractivity contribution >= 4 is 5.78 Å². The Bertz CT molecular complexity index is 731. The second-order valence-electron chi connectivity index (χ2n) is 11.2. The van der Waals surface area contributed by atoms with E-state index in [1.54, 1.807) is 6.92 Å². The molecule has 5 heteroatoms. The number of carbonyl (C=O) groups is 1. The maximum absolute atomic E-state index is 12.4. The fourth-order valence-electron chi connectivity index (χ4n) is 8.96. The van der Waals surface area contributed by atoms with Gasteiger partial charge >= 0.3 is 0 Å². The smallest absolute Gasteiger partial charge is 0.171 e. The molecule has 0 radical (unpaired) electrons. The van der Waals surface area contributed by atoms with Crippen molar-refractivity contribution in [2.75, 3.05) is 13.2 Å². The standard InChI is InChI=1S/C23H34O5/c1-14(24)22(25)7-5-16-15-12-18-23(28-18)13-21(26-10-11-27-21)9-8-20(23,3)17(15)4-6-19(16,22)2/h15-18,25H,4-13H2,1-3H3/t15?,16?,17?,18-,19-,20+,22-,23-/m0/s1. The van der Waals surface area contributed by atoms with Crippen LogP contribution in [0, 0.1) is 28.6 Å². The zero-order valence-electron chi connectivity index (χ0n) is 17.5. The molecule has 1 N–H and O–H groups in total. The molecule has 3 unspecified atom stereocenters. The molecule has 8 atom stereocenters. The summed E-state index contributed by atoms with van der Waals surface area (Å²) < 4.78 is 18.7. The van der Waals surface area contributed by atoms with Crippen LogP contribution in [0.3, 0.4) is 0 Å².